The molecule has 0 aliphatic rings. The quantitative estimate of drug-likeness (QED) is 0.759. The normalized spacial score (nSPS) is 12.3. The molecule has 5 heteroatoms. The Morgan fingerprint density at radius 3 is 2.38 bits per heavy atom. The number of hydrogen-bond acceptors (Lipinski definition) is 2. The van der Waals surface area contributed by atoms with Crippen LogP contribution in [0.2, 0.25) is 0 Å². The maximum atomic E-state index is 13.3. The highest BCUT2D eigenvalue weighted by Gasteiger charge is 2.20. The predicted octanol–water partition coefficient (Wildman–Crippen LogP) is 4.98. The van der Waals surface area contributed by atoms with Gasteiger partial charge < -0.3 is 10.1 Å². The third-order valence-corrected chi connectivity index (χ3v) is 4.93. The Kier molecular flexibility index (Phi) is 5.41. The van der Waals surface area contributed by atoms with Gasteiger partial charge in [0.15, 0.2) is 0 Å². The lowest BCUT2D eigenvalue weighted by molar-refractivity contribution is 0.405. The van der Waals surface area contributed by atoms with Crippen molar-refractivity contribution in [3.05, 3.63) is 61.8 Å². The first-order valence-corrected chi connectivity index (χ1v) is 8.02. The third kappa shape index (κ3) is 3.47. The fourth-order valence-corrected chi connectivity index (χ4v) is 3.23. The summed E-state index contributed by atoms with van der Waals surface area (Å²) in [5, 5.41) is 3.26. The van der Waals surface area contributed by atoms with Crippen molar-refractivity contribution < 1.29 is 9.13 Å². The fourth-order valence-electron chi connectivity index (χ4n) is 2.29. The second kappa shape index (κ2) is 6.90. The topological polar surface area (TPSA) is 21.3 Å². The van der Waals surface area contributed by atoms with Gasteiger partial charge in [0.25, 0.3) is 0 Å². The minimum atomic E-state index is -0.266. The lowest BCUT2D eigenvalue weighted by Crippen LogP contribution is -2.19. The first kappa shape index (κ1) is 16.5. The van der Waals surface area contributed by atoms with Gasteiger partial charge in [-0.1, -0.05) is 37.9 Å². The summed E-state index contributed by atoms with van der Waals surface area (Å²) in [6, 6.07) is 8.61. The van der Waals surface area contributed by atoms with Gasteiger partial charge in [-0.25, -0.2) is 4.39 Å². The van der Waals surface area contributed by atoms with Gasteiger partial charge in [-0.3, -0.25) is 0 Å². The molecule has 0 saturated carbocycles. The van der Waals surface area contributed by atoms with E-state index in [1.54, 1.807) is 13.2 Å². The molecule has 0 saturated heterocycles. The number of benzene rings is 2. The van der Waals surface area contributed by atoms with Crippen LogP contribution in [0.1, 0.15) is 22.7 Å². The second-order valence-electron chi connectivity index (χ2n) is 4.73. The summed E-state index contributed by atoms with van der Waals surface area (Å²) >= 11 is 6.99. The molecule has 0 amide bonds. The number of nitrogens with one attached hydrogen (secondary N) is 1. The molecule has 0 bridgehead atoms. The summed E-state index contributed by atoms with van der Waals surface area (Å²) in [5.41, 5.74) is 3.04. The van der Waals surface area contributed by atoms with Crippen LogP contribution < -0.4 is 10.1 Å². The molecule has 21 heavy (non-hydrogen) atoms. The number of methoxy groups -OCH3 is 1. The smallest absolute Gasteiger partial charge is 0.124 e. The van der Waals surface area contributed by atoms with E-state index in [4.69, 9.17) is 4.74 Å². The lowest BCUT2D eigenvalue weighted by atomic mass is 9.97. The van der Waals surface area contributed by atoms with E-state index in [0.29, 0.717) is 0 Å². The van der Waals surface area contributed by atoms with Crippen molar-refractivity contribution in [2.75, 3.05) is 14.2 Å². The van der Waals surface area contributed by atoms with Crippen molar-refractivity contribution in [3.63, 3.8) is 0 Å². The van der Waals surface area contributed by atoms with Crippen molar-refractivity contribution in [2.45, 2.75) is 13.0 Å². The molecule has 112 valence electrons. The van der Waals surface area contributed by atoms with E-state index in [-0.39, 0.29) is 11.9 Å². The van der Waals surface area contributed by atoms with Crippen LogP contribution >= 0.6 is 31.9 Å². The standard InChI is InChI=1S/C16H16Br2FNO/c1-9-6-15(21-3)12(8-13(9)17)16(20-2)11-5-4-10(19)7-14(11)18/h4-8,16,20H,1-3H3. The van der Waals surface area contributed by atoms with Gasteiger partial charge in [0.05, 0.1) is 13.2 Å². The summed E-state index contributed by atoms with van der Waals surface area (Å²) < 4.78 is 20.5. The largest absolute Gasteiger partial charge is 0.496 e. The maximum absolute atomic E-state index is 13.3. The van der Waals surface area contributed by atoms with Crippen LogP contribution in [0.15, 0.2) is 39.3 Å². The van der Waals surface area contributed by atoms with Crippen LogP contribution in [0, 0.1) is 12.7 Å². The van der Waals surface area contributed by atoms with Gasteiger partial charge >= 0.3 is 0 Å². The monoisotopic (exact) mass is 415 g/mol. The van der Waals surface area contributed by atoms with Crippen molar-refractivity contribution in [1.82, 2.24) is 5.32 Å². The van der Waals surface area contributed by atoms with Crippen molar-refractivity contribution >= 4 is 31.9 Å². The summed E-state index contributed by atoms with van der Waals surface area (Å²) in [7, 11) is 3.52. The van der Waals surface area contributed by atoms with Gasteiger partial charge in [-0.2, -0.15) is 0 Å². The first-order valence-electron chi connectivity index (χ1n) is 6.44. The summed E-state index contributed by atoms with van der Waals surface area (Å²) in [4.78, 5) is 0. The Hall–Kier alpha value is -0.910. The van der Waals surface area contributed by atoms with Gasteiger partial charge in [0.1, 0.15) is 11.6 Å². The lowest BCUT2D eigenvalue weighted by Gasteiger charge is -2.22. The molecule has 0 fully saturated rings. The number of aryl methyl sites for hydroxylation is 1. The molecule has 0 spiro atoms. The molecule has 1 N–H and O–H groups in total. The molecule has 0 radical (unpaired) electrons. The Morgan fingerprint density at radius 2 is 1.81 bits per heavy atom. The van der Waals surface area contributed by atoms with Crippen LogP contribution in [0.5, 0.6) is 5.75 Å². The zero-order valence-corrected chi connectivity index (χ0v) is 15.2. The second-order valence-corrected chi connectivity index (χ2v) is 6.44. The van der Waals surface area contributed by atoms with E-state index >= 15 is 0 Å². The molecule has 2 aromatic rings. The average Bonchev–Trinajstić information content (AvgIpc) is 2.45. The van der Waals surface area contributed by atoms with E-state index in [1.807, 2.05) is 26.1 Å². The van der Waals surface area contributed by atoms with Gasteiger partial charge in [-0.15, -0.1) is 0 Å². The summed E-state index contributed by atoms with van der Waals surface area (Å²) in [6.07, 6.45) is 0. The highest BCUT2D eigenvalue weighted by atomic mass is 79.9. The average molecular weight is 417 g/mol. The van der Waals surface area contributed by atoms with Crippen LogP contribution in [-0.2, 0) is 0 Å². The molecule has 0 aliphatic heterocycles. The summed E-state index contributed by atoms with van der Waals surface area (Å²) in [5.74, 6) is 0.531. The Bertz CT molecular complexity index is 661. The number of rotatable bonds is 4. The molecule has 1 unspecified atom stereocenters. The van der Waals surface area contributed by atoms with Crippen LogP contribution in [0.3, 0.4) is 0 Å². The molecule has 1 atom stereocenters. The number of ether oxygens (including phenoxy) is 1. The van der Waals surface area contributed by atoms with E-state index in [0.717, 1.165) is 31.4 Å². The molecule has 2 aromatic carbocycles. The van der Waals surface area contributed by atoms with E-state index in [2.05, 4.69) is 37.2 Å². The van der Waals surface area contributed by atoms with Crippen LogP contribution in [0.4, 0.5) is 4.39 Å². The minimum absolute atomic E-state index is 0.105. The Morgan fingerprint density at radius 1 is 1.10 bits per heavy atom. The van der Waals surface area contributed by atoms with Crippen molar-refractivity contribution in [3.8, 4) is 5.75 Å². The van der Waals surface area contributed by atoms with Crippen LogP contribution in [0.25, 0.3) is 0 Å². The SMILES string of the molecule is CNC(c1ccc(F)cc1Br)c1cc(Br)c(C)cc1OC. The Balaban J connectivity index is 2.58. The van der Waals surface area contributed by atoms with E-state index in [9.17, 15) is 4.39 Å². The zero-order chi connectivity index (χ0) is 15.6. The van der Waals surface area contributed by atoms with Gasteiger partial charge in [-0.05, 0) is 49.4 Å². The van der Waals surface area contributed by atoms with E-state index in [1.165, 1.54) is 12.1 Å². The molecular formula is C16H16Br2FNO. The highest BCUT2D eigenvalue weighted by Crippen LogP contribution is 2.36. The first-order chi connectivity index (χ1) is 9.97. The number of hydrogen-bond donors (Lipinski definition) is 1. The molecule has 0 aromatic heterocycles. The van der Waals surface area contributed by atoms with E-state index < -0.39 is 0 Å². The molecule has 2 rings (SSSR count). The predicted molar refractivity (Wildman–Crippen MR) is 90.4 cm³/mol. The number of halogens is 3. The molecular weight excluding hydrogens is 401 g/mol. The zero-order valence-electron chi connectivity index (χ0n) is 12.0. The molecule has 2 nitrogen and oxygen atoms in total. The van der Waals surface area contributed by atoms with Crippen LogP contribution in [-0.4, -0.2) is 14.2 Å². The third-order valence-electron chi connectivity index (χ3n) is 3.38. The van der Waals surface area contributed by atoms with Gasteiger partial charge in [0, 0.05) is 14.5 Å². The maximum Gasteiger partial charge on any atom is 0.124 e. The minimum Gasteiger partial charge on any atom is -0.496 e. The highest BCUT2D eigenvalue weighted by molar-refractivity contribution is 9.10. The van der Waals surface area contributed by atoms with Gasteiger partial charge in [0.2, 0.25) is 0 Å². The van der Waals surface area contributed by atoms with Crippen molar-refractivity contribution in [2.24, 2.45) is 0 Å². The van der Waals surface area contributed by atoms with Crippen molar-refractivity contribution in [1.29, 1.82) is 0 Å². The summed E-state index contributed by atoms with van der Waals surface area (Å²) in [6.45, 7) is 2.01. The Labute approximate surface area is 141 Å². The fraction of sp³-hybridized carbons (Fsp3) is 0.250. The molecule has 0 heterocycles. The molecule has 0 aliphatic carbocycles.